The van der Waals surface area contributed by atoms with Crippen LogP contribution in [0.3, 0.4) is 0 Å². The lowest BCUT2D eigenvalue weighted by atomic mass is 10.2. The predicted octanol–water partition coefficient (Wildman–Crippen LogP) is 3.21. The number of nitrogens with zero attached hydrogens (tertiary/aromatic N) is 5. The van der Waals surface area contributed by atoms with Crippen molar-refractivity contribution in [1.82, 2.24) is 20.2 Å². The number of benzene rings is 2. The topological polar surface area (TPSA) is 116 Å². The molecule has 1 unspecified atom stereocenters. The van der Waals surface area contributed by atoms with Crippen LogP contribution in [0, 0.1) is 10.1 Å². The van der Waals surface area contributed by atoms with E-state index in [4.69, 9.17) is 0 Å². The van der Waals surface area contributed by atoms with E-state index in [0.717, 1.165) is 10.0 Å². The van der Waals surface area contributed by atoms with Gasteiger partial charge in [-0.1, -0.05) is 22.0 Å². The van der Waals surface area contributed by atoms with E-state index in [2.05, 4.69) is 36.7 Å². The highest BCUT2D eigenvalue weighted by Gasteiger charge is 2.19. The molecule has 2 aromatic carbocycles. The Bertz CT molecular complexity index is 957. The van der Waals surface area contributed by atoms with E-state index in [9.17, 15) is 14.9 Å². The Kier molecular flexibility index (Phi) is 5.03. The summed E-state index contributed by atoms with van der Waals surface area (Å²) in [5.41, 5.74) is 0.988. The summed E-state index contributed by atoms with van der Waals surface area (Å²) >= 11 is 3.35. The Morgan fingerprint density at radius 3 is 2.69 bits per heavy atom. The first-order valence-corrected chi connectivity index (χ1v) is 8.34. The molecule has 0 aliphatic rings. The van der Waals surface area contributed by atoms with Crippen LogP contribution in [-0.4, -0.2) is 31.0 Å². The van der Waals surface area contributed by atoms with Crippen molar-refractivity contribution in [2.45, 2.75) is 13.0 Å². The van der Waals surface area contributed by atoms with Crippen molar-refractivity contribution < 1.29 is 9.72 Å². The van der Waals surface area contributed by atoms with Crippen molar-refractivity contribution in [1.29, 1.82) is 0 Å². The largest absolute Gasteiger partial charge is 0.324 e. The summed E-state index contributed by atoms with van der Waals surface area (Å²) in [5.74, 6) is -0.0160. The highest BCUT2D eigenvalue weighted by molar-refractivity contribution is 9.10. The van der Waals surface area contributed by atoms with E-state index in [1.807, 2.05) is 24.3 Å². The number of tetrazole rings is 1. The average molecular weight is 417 g/mol. The first-order valence-electron chi connectivity index (χ1n) is 7.55. The number of rotatable bonds is 5. The van der Waals surface area contributed by atoms with Crippen molar-refractivity contribution in [3.05, 3.63) is 63.1 Å². The Balaban J connectivity index is 1.74. The smallest absolute Gasteiger partial charge is 0.271 e. The lowest BCUT2D eigenvalue weighted by molar-refractivity contribution is -0.384. The van der Waals surface area contributed by atoms with Crippen molar-refractivity contribution in [2.24, 2.45) is 0 Å². The molecule has 1 heterocycles. The molecule has 0 aliphatic heterocycles. The monoisotopic (exact) mass is 416 g/mol. The first-order chi connectivity index (χ1) is 12.4. The van der Waals surface area contributed by atoms with Gasteiger partial charge in [-0.15, -0.1) is 10.2 Å². The summed E-state index contributed by atoms with van der Waals surface area (Å²) < 4.78 is 0.929. The minimum Gasteiger partial charge on any atom is -0.324 e. The first kappa shape index (κ1) is 17.7. The normalized spacial score (nSPS) is 11.8. The molecule has 0 spiro atoms. The zero-order valence-corrected chi connectivity index (χ0v) is 15.1. The van der Waals surface area contributed by atoms with E-state index in [1.165, 1.54) is 23.0 Å². The summed E-state index contributed by atoms with van der Waals surface area (Å²) in [7, 11) is 0. The van der Waals surface area contributed by atoms with Gasteiger partial charge in [0.25, 0.3) is 11.6 Å². The SMILES string of the molecule is CC(C(=O)Nc1cccc([N+](=O)[O-])c1)n1nnc(-c2ccc(Br)cc2)n1. The van der Waals surface area contributed by atoms with Crippen LogP contribution in [0.5, 0.6) is 0 Å². The number of nitrogens with one attached hydrogen (secondary N) is 1. The van der Waals surface area contributed by atoms with Crippen LogP contribution in [0.1, 0.15) is 13.0 Å². The number of nitro benzene ring substituents is 1. The molecular formula is C16H13BrN6O3. The van der Waals surface area contributed by atoms with Gasteiger partial charge in [0.05, 0.1) is 4.92 Å². The summed E-state index contributed by atoms with van der Waals surface area (Å²) in [6.45, 7) is 1.61. The number of carbonyl (C=O) groups excluding carboxylic acids is 1. The van der Waals surface area contributed by atoms with Crippen LogP contribution in [0.25, 0.3) is 11.4 Å². The van der Waals surface area contributed by atoms with Gasteiger partial charge in [0.15, 0.2) is 0 Å². The number of hydrogen-bond donors (Lipinski definition) is 1. The van der Waals surface area contributed by atoms with Gasteiger partial charge in [-0.3, -0.25) is 14.9 Å². The minimum atomic E-state index is -0.744. The number of anilines is 1. The molecule has 1 atom stereocenters. The van der Waals surface area contributed by atoms with Gasteiger partial charge >= 0.3 is 0 Å². The molecule has 3 rings (SSSR count). The zero-order valence-electron chi connectivity index (χ0n) is 13.5. The fourth-order valence-corrected chi connectivity index (χ4v) is 2.42. The lowest BCUT2D eigenvalue weighted by Gasteiger charge is -2.10. The van der Waals surface area contributed by atoms with Crippen molar-refractivity contribution >= 4 is 33.2 Å². The molecule has 10 heteroatoms. The highest BCUT2D eigenvalue weighted by Crippen LogP contribution is 2.20. The van der Waals surface area contributed by atoms with Crippen LogP contribution < -0.4 is 5.32 Å². The van der Waals surface area contributed by atoms with Gasteiger partial charge in [-0.25, -0.2) is 0 Å². The molecule has 0 saturated heterocycles. The van der Waals surface area contributed by atoms with Crippen LogP contribution in [0.4, 0.5) is 11.4 Å². The third-order valence-corrected chi connectivity index (χ3v) is 4.11. The maximum atomic E-state index is 12.4. The molecule has 0 bridgehead atoms. The van der Waals surface area contributed by atoms with Crippen LogP contribution in [-0.2, 0) is 4.79 Å². The van der Waals surface area contributed by atoms with E-state index >= 15 is 0 Å². The second-order valence-electron chi connectivity index (χ2n) is 5.41. The van der Waals surface area contributed by atoms with E-state index in [-0.39, 0.29) is 5.69 Å². The van der Waals surface area contributed by atoms with Crippen LogP contribution >= 0.6 is 15.9 Å². The van der Waals surface area contributed by atoms with Gasteiger partial charge in [-0.2, -0.15) is 4.80 Å². The van der Waals surface area contributed by atoms with Gasteiger partial charge in [0.2, 0.25) is 5.82 Å². The van der Waals surface area contributed by atoms with Gasteiger partial charge in [-0.05, 0) is 42.5 Å². The predicted molar refractivity (Wildman–Crippen MR) is 97.4 cm³/mol. The second kappa shape index (κ2) is 7.40. The fourth-order valence-electron chi connectivity index (χ4n) is 2.15. The molecule has 132 valence electrons. The lowest BCUT2D eigenvalue weighted by Crippen LogP contribution is -2.25. The van der Waals surface area contributed by atoms with E-state index in [0.29, 0.717) is 11.5 Å². The molecule has 1 amide bonds. The number of hydrogen-bond acceptors (Lipinski definition) is 6. The van der Waals surface area contributed by atoms with Crippen LogP contribution in [0.2, 0.25) is 0 Å². The molecular weight excluding hydrogens is 404 g/mol. The number of nitro groups is 1. The molecule has 9 nitrogen and oxygen atoms in total. The fraction of sp³-hybridized carbons (Fsp3) is 0.125. The molecule has 26 heavy (non-hydrogen) atoms. The Morgan fingerprint density at radius 1 is 1.27 bits per heavy atom. The number of amides is 1. The molecule has 1 aromatic heterocycles. The molecule has 0 saturated carbocycles. The number of carbonyl (C=O) groups is 1. The molecule has 3 aromatic rings. The van der Waals surface area contributed by atoms with Crippen LogP contribution in [0.15, 0.2) is 53.0 Å². The minimum absolute atomic E-state index is 0.105. The maximum absolute atomic E-state index is 12.4. The summed E-state index contributed by atoms with van der Waals surface area (Å²) in [5, 5.41) is 25.5. The Hall–Kier alpha value is -3.14. The third-order valence-electron chi connectivity index (χ3n) is 3.58. The van der Waals surface area contributed by atoms with E-state index < -0.39 is 16.9 Å². The Labute approximate surface area is 156 Å². The number of halogens is 1. The van der Waals surface area contributed by atoms with E-state index in [1.54, 1.807) is 13.0 Å². The van der Waals surface area contributed by atoms with Crippen molar-refractivity contribution in [3.63, 3.8) is 0 Å². The van der Waals surface area contributed by atoms with Crippen molar-refractivity contribution in [3.8, 4) is 11.4 Å². The summed E-state index contributed by atoms with van der Waals surface area (Å²) in [6, 6.07) is 12.3. The summed E-state index contributed by atoms with van der Waals surface area (Å²) in [6.07, 6.45) is 0. The Morgan fingerprint density at radius 2 is 2.00 bits per heavy atom. The van der Waals surface area contributed by atoms with Gasteiger partial charge in [0.1, 0.15) is 6.04 Å². The molecule has 0 aliphatic carbocycles. The van der Waals surface area contributed by atoms with Crippen molar-refractivity contribution in [2.75, 3.05) is 5.32 Å². The van der Waals surface area contributed by atoms with Gasteiger partial charge < -0.3 is 5.32 Å². The molecule has 0 fully saturated rings. The number of aromatic nitrogens is 4. The molecule has 0 radical (unpaired) electrons. The standard InChI is InChI=1S/C16H13BrN6O3/c1-10(16(24)18-13-3-2-4-14(9-13)23(25)26)22-20-15(19-21-22)11-5-7-12(17)8-6-11/h2-10H,1H3,(H,18,24). The zero-order chi connectivity index (χ0) is 18.7. The molecule has 1 N–H and O–H groups in total. The van der Waals surface area contributed by atoms with Gasteiger partial charge in [0, 0.05) is 27.9 Å². The summed E-state index contributed by atoms with van der Waals surface area (Å²) in [4.78, 5) is 23.9. The number of non-ortho nitro benzene ring substituents is 1. The highest BCUT2D eigenvalue weighted by atomic mass is 79.9. The average Bonchev–Trinajstić information content (AvgIpc) is 3.12. The third kappa shape index (κ3) is 3.91. The quantitative estimate of drug-likeness (QED) is 0.504. The maximum Gasteiger partial charge on any atom is 0.271 e. The second-order valence-corrected chi connectivity index (χ2v) is 6.33.